The van der Waals surface area contributed by atoms with Gasteiger partial charge in [0.25, 0.3) is 10.1 Å². The van der Waals surface area contributed by atoms with Gasteiger partial charge < -0.3 is 11.3 Å². The summed E-state index contributed by atoms with van der Waals surface area (Å²) in [6.07, 6.45) is 13.9. The van der Waals surface area contributed by atoms with Gasteiger partial charge in [-0.15, -0.1) is 0 Å². The van der Waals surface area contributed by atoms with E-state index in [1.165, 1.54) is 58.3 Å². The van der Waals surface area contributed by atoms with Gasteiger partial charge in [-0.1, -0.05) is 77.6 Å². The summed E-state index contributed by atoms with van der Waals surface area (Å²) in [5, 5.41) is 8.97. The van der Waals surface area contributed by atoms with Crippen LogP contribution in [0.5, 0.6) is 0 Å². The van der Waals surface area contributed by atoms with Crippen LogP contribution in [-0.2, 0) is 10.1 Å². The maximum absolute atomic E-state index is 11.4. The lowest BCUT2D eigenvalue weighted by Crippen LogP contribution is -2.36. The average Bonchev–Trinajstić information content (AvgIpc) is 2.44. The molecule has 0 saturated carbocycles. The molecule has 1 unspecified atom stereocenters. The standard InChI is InChI=1S/C17H36O4S.H3N/c1-3-4-5-6-7-8-9-10-11-12-13-14-17(2,15-16-18)22(19,20)21;/h18H,3-16H2,1-2H3,(H,19,20,21);1H3. The zero-order valence-corrected chi connectivity index (χ0v) is 16.0. The molecule has 0 spiro atoms. The van der Waals surface area contributed by atoms with E-state index in [0.29, 0.717) is 6.42 Å². The fraction of sp³-hybridized carbons (Fsp3) is 1.00. The highest BCUT2D eigenvalue weighted by atomic mass is 32.2. The predicted octanol–water partition coefficient (Wildman–Crippen LogP) is 4.88. The van der Waals surface area contributed by atoms with Gasteiger partial charge in [-0.05, 0) is 19.8 Å². The van der Waals surface area contributed by atoms with E-state index >= 15 is 0 Å². The minimum atomic E-state index is -4.10. The topological polar surface area (TPSA) is 110 Å². The Labute approximate surface area is 143 Å². The van der Waals surface area contributed by atoms with Crippen molar-refractivity contribution in [2.45, 2.75) is 102 Å². The molecule has 0 amide bonds. The minimum absolute atomic E-state index is 0. The molecule has 0 radical (unpaired) electrons. The smallest absolute Gasteiger partial charge is 0.270 e. The third kappa shape index (κ3) is 11.9. The Balaban J connectivity index is 0. The molecular formula is C17H39NO4S. The van der Waals surface area contributed by atoms with E-state index in [0.717, 1.165) is 19.3 Å². The Morgan fingerprint density at radius 1 is 0.783 bits per heavy atom. The maximum Gasteiger partial charge on any atom is 0.270 e. The van der Waals surface area contributed by atoms with Crippen molar-refractivity contribution >= 4 is 10.1 Å². The normalized spacial score (nSPS) is 14.3. The SMILES string of the molecule is CCCCCCCCCCCCCC(C)(CCO)S(=O)(=O)O.N. The lowest BCUT2D eigenvalue weighted by molar-refractivity contribution is 0.257. The van der Waals surface area contributed by atoms with Crippen molar-refractivity contribution in [2.24, 2.45) is 0 Å². The van der Waals surface area contributed by atoms with Gasteiger partial charge in [0.2, 0.25) is 0 Å². The summed E-state index contributed by atoms with van der Waals surface area (Å²) in [7, 11) is -4.10. The van der Waals surface area contributed by atoms with E-state index in [4.69, 9.17) is 5.11 Å². The number of aliphatic hydroxyl groups excluding tert-OH is 1. The molecule has 0 aliphatic carbocycles. The number of rotatable bonds is 15. The molecular weight excluding hydrogens is 314 g/mol. The molecule has 0 bridgehead atoms. The van der Waals surface area contributed by atoms with Crippen molar-refractivity contribution in [3.63, 3.8) is 0 Å². The van der Waals surface area contributed by atoms with Gasteiger partial charge in [-0.25, -0.2) is 0 Å². The van der Waals surface area contributed by atoms with Crippen LogP contribution in [0.4, 0.5) is 0 Å². The lowest BCUT2D eigenvalue weighted by atomic mass is 9.98. The minimum Gasteiger partial charge on any atom is -0.396 e. The highest BCUT2D eigenvalue weighted by Gasteiger charge is 2.36. The summed E-state index contributed by atoms with van der Waals surface area (Å²) in [5.41, 5.74) is 0. The first-order valence-corrected chi connectivity index (χ1v) is 10.4. The van der Waals surface area contributed by atoms with Crippen molar-refractivity contribution in [2.75, 3.05) is 6.61 Å². The molecule has 142 valence electrons. The van der Waals surface area contributed by atoms with Crippen LogP contribution >= 0.6 is 0 Å². The average molecular weight is 354 g/mol. The second-order valence-corrected chi connectivity index (χ2v) is 8.62. The Morgan fingerprint density at radius 2 is 1.17 bits per heavy atom. The van der Waals surface area contributed by atoms with E-state index < -0.39 is 14.9 Å². The van der Waals surface area contributed by atoms with Gasteiger partial charge in [0.15, 0.2) is 0 Å². The third-order valence-corrected chi connectivity index (χ3v) is 6.23. The molecule has 0 heterocycles. The van der Waals surface area contributed by atoms with E-state index in [9.17, 15) is 13.0 Å². The molecule has 1 atom stereocenters. The van der Waals surface area contributed by atoms with Crippen molar-refractivity contribution in [3.8, 4) is 0 Å². The molecule has 0 aliphatic rings. The molecule has 5 N–H and O–H groups in total. The van der Waals surface area contributed by atoms with Crippen LogP contribution < -0.4 is 6.15 Å². The summed E-state index contributed by atoms with van der Waals surface area (Å²) < 4.78 is 30.9. The molecule has 0 fully saturated rings. The van der Waals surface area contributed by atoms with Gasteiger partial charge in [0.1, 0.15) is 0 Å². The van der Waals surface area contributed by atoms with Crippen molar-refractivity contribution < 1.29 is 18.1 Å². The van der Waals surface area contributed by atoms with Crippen LogP contribution in [0.15, 0.2) is 0 Å². The monoisotopic (exact) mass is 353 g/mol. The van der Waals surface area contributed by atoms with Crippen molar-refractivity contribution in [3.05, 3.63) is 0 Å². The molecule has 5 nitrogen and oxygen atoms in total. The van der Waals surface area contributed by atoms with Crippen LogP contribution in [0, 0.1) is 0 Å². The van der Waals surface area contributed by atoms with E-state index in [1.54, 1.807) is 0 Å². The van der Waals surface area contributed by atoms with Crippen LogP contribution in [0.2, 0.25) is 0 Å². The number of hydrogen-bond acceptors (Lipinski definition) is 4. The molecule has 0 aliphatic heterocycles. The molecule has 0 aromatic heterocycles. The number of aliphatic hydroxyl groups is 1. The molecule has 0 aromatic carbocycles. The largest absolute Gasteiger partial charge is 0.396 e. The van der Waals surface area contributed by atoms with Gasteiger partial charge >= 0.3 is 0 Å². The maximum atomic E-state index is 11.4. The van der Waals surface area contributed by atoms with E-state index in [2.05, 4.69) is 6.92 Å². The lowest BCUT2D eigenvalue weighted by Gasteiger charge is -2.25. The summed E-state index contributed by atoms with van der Waals surface area (Å²) >= 11 is 0. The Hall–Kier alpha value is -0.170. The second-order valence-electron chi connectivity index (χ2n) is 6.68. The van der Waals surface area contributed by atoms with Crippen LogP contribution in [-0.4, -0.2) is 29.4 Å². The van der Waals surface area contributed by atoms with Gasteiger partial charge in [0.05, 0.1) is 4.75 Å². The first-order chi connectivity index (χ1) is 10.4. The highest BCUT2D eigenvalue weighted by molar-refractivity contribution is 7.87. The molecule has 23 heavy (non-hydrogen) atoms. The summed E-state index contributed by atoms with van der Waals surface area (Å²) in [5.74, 6) is 0. The number of hydrogen-bond donors (Lipinski definition) is 3. The summed E-state index contributed by atoms with van der Waals surface area (Å²) in [6.45, 7) is 3.54. The molecule has 6 heteroatoms. The van der Waals surface area contributed by atoms with Crippen LogP contribution in [0.3, 0.4) is 0 Å². The summed E-state index contributed by atoms with van der Waals surface area (Å²) in [4.78, 5) is 0. The first-order valence-electron chi connectivity index (χ1n) is 8.95. The number of unbranched alkanes of at least 4 members (excludes halogenated alkanes) is 10. The second kappa shape index (κ2) is 14.2. The van der Waals surface area contributed by atoms with Crippen molar-refractivity contribution in [1.82, 2.24) is 6.15 Å². The first kappa shape index (κ1) is 25.1. The fourth-order valence-electron chi connectivity index (χ4n) is 2.78. The molecule has 0 saturated heterocycles. The molecule has 0 rings (SSSR count). The van der Waals surface area contributed by atoms with Crippen LogP contribution in [0.1, 0.15) is 97.3 Å². The van der Waals surface area contributed by atoms with E-state index in [1.807, 2.05) is 0 Å². The van der Waals surface area contributed by atoms with Gasteiger partial charge in [0, 0.05) is 6.61 Å². The van der Waals surface area contributed by atoms with E-state index in [-0.39, 0.29) is 19.2 Å². The zero-order chi connectivity index (χ0) is 16.9. The molecule has 0 aromatic rings. The highest BCUT2D eigenvalue weighted by Crippen LogP contribution is 2.27. The quantitative estimate of drug-likeness (QED) is 0.287. The fourth-order valence-corrected chi connectivity index (χ4v) is 3.53. The Bertz CT molecular complexity index is 360. The third-order valence-electron chi connectivity index (χ3n) is 4.57. The van der Waals surface area contributed by atoms with Crippen LogP contribution in [0.25, 0.3) is 0 Å². The van der Waals surface area contributed by atoms with Gasteiger partial charge in [-0.2, -0.15) is 8.42 Å². The van der Waals surface area contributed by atoms with Gasteiger partial charge in [-0.3, -0.25) is 4.55 Å². The Kier molecular flexibility index (Phi) is 15.5. The Morgan fingerprint density at radius 3 is 1.52 bits per heavy atom. The predicted molar refractivity (Wildman–Crippen MR) is 97.8 cm³/mol. The van der Waals surface area contributed by atoms with Crippen molar-refractivity contribution in [1.29, 1.82) is 0 Å². The zero-order valence-electron chi connectivity index (χ0n) is 15.2. The summed E-state index contributed by atoms with van der Waals surface area (Å²) in [6, 6.07) is 0.